The Morgan fingerprint density at radius 1 is 1.13 bits per heavy atom. The summed E-state index contributed by atoms with van der Waals surface area (Å²) in [7, 11) is 0. The van der Waals surface area contributed by atoms with Crippen molar-refractivity contribution in [2.75, 3.05) is 0 Å². The fraction of sp³-hybridized carbons (Fsp3) is 0.0909. The van der Waals surface area contributed by atoms with E-state index in [4.69, 9.17) is 11.6 Å². The fourth-order valence-corrected chi connectivity index (χ4v) is 1.52. The summed E-state index contributed by atoms with van der Waals surface area (Å²) in [5.41, 5.74) is 2.18. The van der Waals surface area contributed by atoms with Crippen LogP contribution >= 0.6 is 11.6 Å². The standard InChI is InChI=1S/C11H8ClFN2/c1-7-2-8(4-9(13)3-7)10-5-11(12)15-6-14-10/h2-6H,1H3. The number of hydrogen-bond acceptors (Lipinski definition) is 2. The normalized spacial score (nSPS) is 10.3. The average Bonchev–Trinajstić information content (AvgIpc) is 2.16. The molecule has 0 aliphatic rings. The second-order valence-electron chi connectivity index (χ2n) is 3.24. The van der Waals surface area contributed by atoms with Gasteiger partial charge in [-0.25, -0.2) is 14.4 Å². The molecule has 0 unspecified atom stereocenters. The van der Waals surface area contributed by atoms with Crippen molar-refractivity contribution in [3.8, 4) is 11.3 Å². The molecule has 0 saturated heterocycles. The van der Waals surface area contributed by atoms with Crippen LogP contribution in [-0.4, -0.2) is 9.97 Å². The zero-order valence-electron chi connectivity index (χ0n) is 8.04. The maximum absolute atomic E-state index is 13.1. The highest BCUT2D eigenvalue weighted by atomic mass is 35.5. The van der Waals surface area contributed by atoms with Crippen molar-refractivity contribution in [1.82, 2.24) is 9.97 Å². The maximum Gasteiger partial charge on any atom is 0.133 e. The van der Waals surface area contributed by atoms with Crippen LogP contribution in [0.5, 0.6) is 0 Å². The third-order valence-corrected chi connectivity index (χ3v) is 2.18. The van der Waals surface area contributed by atoms with Gasteiger partial charge in [-0.1, -0.05) is 11.6 Å². The summed E-state index contributed by atoms with van der Waals surface area (Å²) in [5, 5.41) is 0.349. The molecule has 76 valence electrons. The fourth-order valence-electron chi connectivity index (χ4n) is 1.38. The lowest BCUT2D eigenvalue weighted by Crippen LogP contribution is -1.88. The van der Waals surface area contributed by atoms with Crippen LogP contribution in [0.25, 0.3) is 11.3 Å². The minimum Gasteiger partial charge on any atom is -0.236 e. The molecule has 0 bridgehead atoms. The van der Waals surface area contributed by atoms with E-state index in [0.717, 1.165) is 5.56 Å². The van der Waals surface area contributed by atoms with E-state index in [1.807, 2.05) is 13.0 Å². The highest BCUT2D eigenvalue weighted by Crippen LogP contribution is 2.21. The van der Waals surface area contributed by atoms with Crippen LogP contribution in [0.1, 0.15) is 5.56 Å². The van der Waals surface area contributed by atoms with E-state index in [0.29, 0.717) is 16.4 Å². The van der Waals surface area contributed by atoms with Gasteiger partial charge < -0.3 is 0 Å². The van der Waals surface area contributed by atoms with E-state index in [-0.39, 0.29) is 5.82 Å². The first-order chi connectivity index (χ1) is 7.15. The highest BCUT2D eigenvalue weighted by molar-refractivity contribution is 6.29. The Kier molecular flexibility index (Phi) is 2.64. The number of benzene rings is 1. The number of aromatic nitrogens is 2. The SMILES string of the molecule is Cc1cc(F)cc(-c2cc(Cl)ncn2)c1. The molecule has 15 heavy (non-hydrogen) atoms. The summed E-state index contributed by atoms with van der Waals surface area (Å²) in [6.07, 6.45) is 1.36. The summed E-state index contributed by atoms with van der Waals surface area (Å²) < 4.78 is 13.1. The van der Waals surface area contributed by atoms with Gasteiger partial charge in [-0.05, 0) is 30.7 Å². The summed E-state index contributed by atoms with van der Waals surface area (Å²) in [4.78, 5) is 7.80. The molecular weight excluding hydrogens is 215 g/mol. The van der Waals surface area contributed by atoms with Crippen LogP contribution in [-0.2, 0) is 0 Å². The molecule has 1 aromatic carbocycles. The lowest BCUT2D eigenvalue weighted by atomic mass is 10.1. The highest BCUT2D eigenvalue weighted by Gasteiger charge is 2.03. The second kappa shape index (κ2) is 3.95. The van der Waals surface area contributed by atoms with Crippen LogP contribution in [0.2, 0.25) is 5.15 Å². The van der Waals surface area contributed by atoms with E-state index in [9.17, 15) is 4.39 Å². The van der Waals surface area contributed by atoms with Gasteiger partial charge in [-0.15, -0.1) is 0 Å². The van der Waals surface area contributed by atoms with Crippen LogP contribution in [0.3, 0.4) is 0 Å². The van der Waals surface area contributed by atoms with Gasteiger partial charge in [0, 0.05) is 11.6 Å². The zero-order valence-corrected chi connectivity index (χ0v) is 8.79. The molecule has 0 amide bonds. The molecule has 0 radical (unpaired) electrons. The predicted octanol–water partition coefficient (Wildman–Crippen LogP) is 3.24. The van der Waals surface area contributed by atoms with Crippen molar-refractivity contribution in [3.63, 3.8) is 0 Å². The molecule has 0 saturated carbocycles. The average molecular weight is 223 g/mol. The van der Waals surface area contributed by atoms with Crippen molar-refractivity contribution in [3.05, 3.63) is 47.1 Å². The molecule has 0 fully saturated rings. The summed E-state index contributed by atoms with van der Waals surface area (Å²) >= 11 is 5.73. The number of halogens is 2. The monoisotopic (exact) mass is 222 g/mol. The molecule has 1 aromatic heterocycles. The largest absolute Gasteiger partial charge is 0.236 e. The first-order valence-corrected chi connectivity index (χ1v) is 4.78. The number of rotatable bonds is 1. The Bertz CT molecular complexity index is 479. The molecule has 2 aromatic rings. The Hall–Kier alpha value is -1.48. The molecule has 1 heterocycles. The van der Waals surface area contributed by atoms with Crippen molar-refractivity contribution < 1.29 is 4.39 Å². The van der Waals surface area contributed by atoms with Gasteiger partial charge in [0.05, 0.1) is 5.69 Å². The van der Waals surface area contributed by atoms with Crippen LogP contribution in [0.15, 0.2) is 30.6 Å². The molecule has 0 aliphatic heterocycles. The lowest BCUT2D eigenvalue weighted by Gasteiger charge is -2.02. The van der Waals surface area contributed by atoms with Crippen molar-refractivity contribution in [1.29, 1.82) is 0 Å². The first kappa shape index (κ1) is 10.1. The van der Waals surface area contributed by atoms with Gasteiger partial charge >= 0.3 is 0 Å². The molecule has 0 N–H and O–H groups in total. The van der Waals surface area contributed by atoms with Gasteiger partial charge in [0.25, 0.3) is 0 Å². The smallest absolute Gasteiger partial charge is 0.133 e. The van der Waals surface area contributed by atoms with Gasteiger partial charge in [0.1, 0.15) is 17.3 Å². The maximum atomic E-state index is 13.1. The Morgan fingerprint density at radius 2 is 1.93 bits per heavy atom. The Balaban J connectivity index is 2.54. The summed E-state index contributed by atoms with van der Waals surface area (Å²) in [6.45, 7) is 1.83. The van der Waals surface area contributed by atoms with E-state index in [1.54, 1.807) is 6.07 Å². The van der Waals surface area contributed by atoms with Gasteiger partial charge in [0.15, 0.2) is 0 Å². The van der Waals surface area contributed by atoms with E-state index in [2.05, 4.69) is 9.97 Å². The third kappa shape index (κ3) is 2.30. The predicted molar refractivity (Wildman–Crippen MR) is 57.2 cm³/mol. The molecule has 4 heteroatoms. The third-order valence-electron chi connectivity index (χ3n) is 1.97. The molecular formula is C11H8ClFN2. The summed E-state index contributed by atoms with van der Waals surface area (Å²) in [5.74, 6) is -0.278. The van der Waals surface area contributed by atoms with E-state index < -0.39 is 0 Å². The van der Waals surface area contributed by atoms with Gasteiger partial charge in [0.2, 0.25) is 0 Å². The van der Waals surface area contributed by atoms with Crippen molar-refractivity contribution >= 4 is 11.6 Å². The molecule has 0 spiro atoms. The Labute approximate surface area is 91.8 Å². The zero-order chi connectivity index (χ0) is 10.8. The molecule has 0 atom stereocenters. The minimum atomic E-state index is -0.278. The van der Waals surface area contributed by atoms with E-state index in [1.165, 1.54) is 18.5 Å². The van der Waals surface area contributed by atoms with Gasteiger partial charge in [-0.3, -0.25) is 0 Å². The van der Waals surface area contributed by atoms with Crippen molar-refractivity contribution in [2.24, 2.45) is 0 Å². The number of nitrogens with zero attached hydrogens (tertiary/aromatic N) is 2. The number of hydrogen-bond donors (Lipinski definition) is 0. The molecule has 2 nitrogen and oxygen atoms in total. The minimum absolute atomic E-state index is 0.278. The number of aryl methyl sites for hydroxylation is 1. The van der Waals surface area contributed by atoms with Crippen LogP contribution in [0, 0.1) is 12.7 Å². The molecule has 2 rings (SSSR count). The van der Waals surface area contributed by atoms with Crippen LogP contribution in [0.4, 0.5) is 4.39 Å². The van der Waals surface area contributed by atoms with Crippen LogP contribution < -0.4 is 0 Å². The van der Waals surface area contributed by atoms with Crippen molar-refractivity contribution in [2.45, 2.75) is 6.92 Å². The quantitative estimate of drug-likeness (QED) is 0.693. The van der Waals surface area contributed by atoms with E-state index >= 15 is 0 Å². The first-order valence-electron chi connectivity index (χ1n) is 4.40. The summed E-state index contributed by atoms with van der Waals surface area (Å²) in [6, 6.07) is 6.34. The molecule has 0 aliphatic carbocycles. The Morgan fingerprint density at radius 3 is 2.60 bits per heavy atom. The second-order valence-corrected chi connectivity index (χ2v) is 3.63. The lowest BCUT2D eigenvalue weighted by molar-refractivity contribution is 0.627. The topological polar surface area (TPSA) is 25.8 Å². The van der Waals surface area contributed by atoms with Gasteiger partial charge in [-0.2, -0.15) is 0 Å².